The van der Waals surface area contributed by atoms with E-state index in [0.717, 1.165) is 24.6 Å². The highest BCUT2D eigenvalue weighted by atomic mass is 32.2. The number of fused-ring (bicyclic) bond motifs is 1. The summed E-state index contributed by atoms with van der Waals surface area (Å²) in [6, 6.07) is 4.98. The Morgan fingerprint density at radius 2 is 2.00 bits per heavy atom. The van der Waals surface area contributed by atoms with Crippen LogP contribution >= 0.6 is 11.7 Å². The summed E-state index contributed by atoms with van der Waals surface area (Å²) in [6.07, 6.45) is 1.28. The fraction of sp³-hybridized carbons (Fsp3) is 0.533. The lowest BCUT2D eigenvalue weighted by Crippen LogP contribution is -2.52. The van der Waals surface area contributed by atoms with Crippen LogP contribution in [-0.2, 0) is 19.6 Å². The zero-order valence-corrected chi connectivity index (χ0v) is 15.1. The van der Waals surface area contributed by atoms with Gasteiger partial charge in [-0.05, 0) is 25.0 Å². The molecule has 2 aliphatic heterocycles. The molecule has 0 saturated carbocycles. The zero-order valence-electron chi connectivity index (χ0n) is 13.5. The molecule has 8 nitrogen and oxygen atoms in total. The second-order valence-electron chi connectivity index (χ2n) is 6.12. The Balaban J connectivity index is 1.50. The van der Waals surface area contributed by atoms with E-state index in [4.69, 9.17) is 4.74 Å². The molecule has 1 atom stereocenters. The van der Waals surface area contributed by atoms with Crippen LogP contribution in [0.1, 0.15) is 12.8 Å². The average molecular weight is 382 g/mol. The average Bonchev–Trinajstić information content (AvgIpc) is 3.32. The molecule has 134 valence electrons. The molecule has 1 aromatic heterocycles. The number of sulfonamides is 1. The number of ether oxygens (including phenoxy) is 1. The van der Waals surface area contributed by atoms with E-state index in [-0.39, 0.29) is 30.0 Å². The summed E-state index contributed by atoms with van der Waals surface area (Å²) < 4.78 is 41.0. The van der Waals surface area contributed by atoms with Crippen LogP contribution in [0.4, 0.5) is 0 Å². The minimum atomic E-state index is -3.66. The third-order valence-electron chi connectivity index (χ3n) is 4.62. The Morgan fingerprint density at radius 3 is 2.72 bits per heavy atom. The van der Waals surface area contributed by atoms with Crippen LogP contribution in [0, 0.1) is 0 Å². The molecule has 25 heavy (non-hydrogen) atoms. The molecule has 2 fully saturated rings. The molecule has 2 saturated heterocycles. The molecule has 2 aliphatic rings. The van der Waals surface area contributed by atoms with Gasteiger partial charge >= 0.3 is 0 Å². The van der Waals surface area contributed by atoms with Gasteiger partial charge < -0.3 is 9.64 Å². The smallest absolute Gasteiger partial charge is 0.251 e. The van der Waals surface area contributed by atoms with Gasteiger partial charge in [0, 0.05) is 32.8 Å². The first-order valence-electron chi connectivity index (χ1n) is 8.19. The number of hydrogen-bond acceptors (Lipinski definition) is 7. The number of rotatable bonds is 3. The number of amides is 1. The van der Waals surface area contributed by atoms with Gasteiger partial charge in [0.2, 0.25) is 10.0 Å². The van der Waals surface area contributed by atoms with Gasteiger partial charge in [0.1, 0.15) is 22.0 Å². The van der Waals surface area contributed by atoms with E-state index in [2.05, 4.69) is 8.75 Å². The summed E-state index contributed by atoms with van der Waals surface area (Å²) >= 11 is 0.998. The molecule has 1 amide bonds. The highest BCUT2D eigenvalue weighted by Crippen LogP contribution is 2.25. The first-order valence-corrected chi connectivity index (χ1v) is 10.4. The first-order chi connectivity index (χ1) is 12.1. The van der Waals surface area contributed by atoms with Crippen LogP contribution in [0.15, 0.2) is 23.1 Å². The van der Waals surface area contributed by atoms with E-state index >= 15 is 0 Å². The number of nitrogens with zero attached hydrogens (tertiary/aromatic N) is 4. The van der Waals surface area contributed by atoms with E-state index in [1.54, 1.807) is 23.1 Å². The van der Waals surface area contributed by atoms with Gasteiger partial charge in [-0.1, -0.05) is 6.07 Å². The van der Waals surface area contributed by atoms with Crippen molar-refractivity contribution in [3.05, 3.63) is 18.2 Å². The SMILES string of the molecule is O=C([C@H]1CCCO1)N1CCN(S(=O)(=O)c2cccc3nsnc23)CC1. The van der Waals surface area contributed by atoms with Crippen molar-refractivity contribution in [1.82, 2.24) is 18.0 Å². The number of hydrogen-bond donors (Lipinski definition) is 0. The third kappa shape index (κ3) is 3.03. The van der Waals surface area contributed by atoms with Gasteiger partial charge in [0.25, 0.3) is 5.91 Å². The van der Waals surface area contributed by atoms with Gasteiger partial charge in [-0.15, -0.1) is 0 Å². The van der Waals surface area contributed by atoms with Crippen molar-refractivity contribution in [3.63, 3.8) is 0 Å². The second kappa shape index (κ2) is 6.60. The molecular weight excluding hydrogens is 364 g/mol. The van der Waals surface area contributed by atoms with E-state index in [9.17, 15) is 13.2 Å². The van der Waals surface area contributed by atoms with Crippen LogP contribution in [0.5, 0.6) is 0 Å². The molecule has 0 N–H and O–H groups in total. The maximum atomic E-state index is 13.0. The summed E-state index contributed by atoms with van der Waals surface area (Å²) in [7, 11) is -3.66. The lowest BCUT2D eigenvalue weighted by molar-refractivity contribution is -0.142. The van der Waals surface area contributed by atoms with Crippen LogP contribution in [0.3, 0.4) is 0 Å². The Labute approximate surface area is 149 Å². The van der Waals surface area contributed by atoms with E-state index < -0.39 is 10.0 Å². The van der Waals surface area contributed by atoms with Crippen molar-refractivity contribution in [2.45, 2.75) is 23.8 Å². The summed E-state index contributed by atoms with van der Waals surface area (Å²) in [6.45, 7) is 1.92. The topological polar surface area (TPSA) is 92.7 Å². The first kappa shape index (κ1) is 16.8. The molecule has 0 bridgehead atoms. The fourth-order valence-corrected chi connectivity index (χ4v) is 5.43. The largest absolute Gasteiger partial charge is 0.368 e. The fourth-order valence-electron chi connectivity index (χ4n) is 3.25. The summed E-state index contributed by atoms with van der Waals surface area (Å²) in [5.74, 6) is -0.0275. The van der Waals surface area contributed by atoms with Gasteiger partial charge in [-0.25, -0.2) is 8.42 Å². The van der Waals surface area contributed by atoms with Crippen LogP contribution < -0.4 is 0 Å². The lowest BCUT2D eigenvalue weighted by atomic mass is 10.2. The normalized spacial score (nSPS) is 22.6. The van der Waals surface area contributed by atoms with Crippen molar-refractivity contribution in [2.75, 3.05) is 32.8 Å². The highest BCUT2D eigenvalue weighted by Gasteiger charge is 2.34. The number of benzene rings is 1. The van der Waals surface area contributed by atoms with Crippen molar-refractivity contribution >= 4 is 38.7 Å². The van der Waals surface area contributed by atoms with Crippen LogP contribution in [0.2, 0.25) is 0 Å². The predicted molar refractivity (Wildman–Crippen MR) is 91.7 cm³/mol. The minimum Gasteiger partial charge on any atom is -0.368 e. The van der Waals surface area contributed by atoms with Crippen LogP contribution in [-0.4, -0.2) is 71.2 Å². The number of aromatic nitrogens is 2. The third-order valence-corrected chi connectivity index (χ3v) is 7.10. The van der Waals surface area contributed by atoms with Crippen molar-refractivity contribution < 1.29 is 17.9 Å². The quantitative estimate of drug-likeness (QED) is 0.776. The molecule has 0 aliphatic carbocycles. The summed E-state index contributed by atoms with van der Waals surface area (Å²) in [5, 5.41) is 0. The molecule has 1 aromatic carbocycles. The number of carbonyl (C=O) groups excluding carboxylic acids is 1. The zero-order chi connectivity index (χ0) is 17.4. The van der Waals surface area contributed by atoms with E-state index in [1.165, 1.54) is 4.31 Å². The molecule has 3 heterocycles. The number of carbonyl (C=O) groups is 1. The summed E-state index contributed by atoms with van der Waals surface area (Å²) in [5.41, 5.74) is 0.989. The molecule has 4 rings (SSSR count). The second-order valence-corrected chi connectivity index (χ2v) is 8.55. The molecular formula is C15H18N4O4S2. The standard InChI is InChI=1S/C15H18N4O4S2/c20-15(12-4-2-10-23-12)18-6-8-19(9-7-18)25(21,22)13-5-1-3-11-14(13)17-24-16-11/h1,3,5,12H,2,4,6-10H2/t12-/m1/s1. The van der Waals surface area contributed by atoms with Gasteiger partial charge in [0.15, 0.2) is 0 Å². The lowest BCUT2D eigenvalue weighted by Gasteiger charge is -2.35. The molecule has 0 unspecified atom stereocenters. The van der Waals surface area contributed by atoms with Gasteiger partial charge in [-0.2, -0.15) is 13.1 Å². The van der Waals surface area contributed by atoms with Gasteiger partial charge in [-0.3, -0.25) is 4.79 Å². The minimum absolute atomic E-state index is 0.0275. The Kier molecular flexibility index (Phi) is 4.44. The molecule has 10 heteroatoms. The summed E-state index contributed by atoms with van der Waals surface area (Å²) in [4.78, 5) is 14.3. The van der Waals surface area contributed by atoms with Crippen molar-refractivity contribution in [3.8, 4) is 0 Å². The maximum absolute atomic E-state index is 13.0. The van der Waals surface area contributed by atoms with Gasteiger partial charge in [0.05, 0.1) is 11.7 Å². The molecule has 0 radical (unpaired) electrons. The Morgan fingerprint density at radius 1 is 1.20 bits per heavy atom. The maximum Gasteiger partial charge on any atom is 0.251 e. The predicted octanol–water partition coefficient (Wildman–Crippen LogP) is 0.703. The highest BCUT2D eigenvalue weighted by molar-refractivity contribution is 7.89. The molecule has 0 spiro atoms. The Hall–Kier alpha value is -1.62. The number of piperazine rings is 1. The van der Waals surface area contributed by atoms with Crippen molar-refractivity contribution in [1.29, 1.82) is 0 Å². The monoisotopic (exact) mass is 382 g/mol. The van der Waals surface area contributed by atoms with E-state index in [0.29, 0.717) is 30.7 Å². The van der Waals surface area contributed by atoms with Crippen molar-refractivity contribution in [2.24, 2.45) is 0 Å². The van der Waals surface area contributed by atoms with E-state index in [1.807, 2.05) is 0 Å². The molecule has 2 aromatic rings. The Bertz CT molecular complexity index is 884. The van der Waals surface area contributed by atoms with Crippen LogP contribution in [0.25, 0.3) is 11.0 Å².